The summed E-state index contributed by atoms with van der Waals surface area (Å²) in [6.07, 6.45) is -3.20. The van der Waals surface area contributed by atoms with Crippen LogP contribution in [0.3, 0.4) is 0 Å². The third-order valence-corrected chi connectivity index (χ3v) is 4.66. The molecule has 0 bridgehead atoms. The number of anilines is 1. The Labute approximate surface area is 161 Å². The highest BCUT2D eigenvalue weighted by molar-refractivity contribution is 7.99. The van der Waals surface area contributed by atoms with Crippen LogP contribution >= 0.6 is 11.8 Å². The molecule has 1 amide bonds. The number of hydrogen-bond donors (Lipinski definition) is 1. The fraction of sp³-hybridized carbons (Fsp3) is 0.235. The summed E-state index contributed by atoms with van der Waals surface area (Å²) >= 11 is 1.18. The van der Waals surface area contributed by atoms with E-state index in [0.29, 0.717) is 22.4 Å². The lowest BCUT2D eigenvalue weighted by Gasteiger charge is -2.10. The summed E-state index contributed by atoms with van der Waals surface area (Å²) in [6.45, 7) is 1.81. The molecule has 0 radical (unpaired) electrons. The van der Waals surface area contributed by atoms with E-state index in [4.69, 9.17) is 4.42 Å². The Morgan fingerprint density at radius 1 is 1.25 bits per heavy atom. The fourth-order valence-electron chi connectivity index (χ4n) is 2.36. The molecule has 0 fully saturated rings. The molecule has 0 atom stereocenters. The zero-order chi connectivity index (χ0) is 20.3. The molecule has 148 valence electrons. The smallest absolute Gasteiger partial charge is 0.469 e. The Balaban J connectivity index is 1.56. The highest BCUT2D eigenvalue weighted by Crippen LogP contribution is 2.26. The van der Waals surface area contributed by atoms with Crippen molar-refractivity contribution in [3.8, 4) is 17.1 Å². The third kappa shape index (κ3) is 4.85. The molecule has 0 saturated heterocycles. The summed E-state index contributed by atoms with van der Waals surface area (Å²) in [4.78, 5) is 12.1. The standard InChI is InChI=1S/C17H15F3N4O3S/c1-10-13(7-8-26-10)15-22-23-16(24(15)2)28-9-14(25)21-11-3-5-12(6-4-11)27-17(18,19)20/h3-8H,9H2,1-2H3,(H,21,25). The van der Waals surface area contributed by atoms with Crippen LogP contribution in [-0.2, 0) is 11.8 Å². The Hall–Kier alpha value is -2.95. The van der Waals surface area contributed by atoms with Crippen molar-refractivity contribution in [1.82, 2.24) is 14.8 Å². The number of hydrogen-bond acceptors (Lipinski definition) is 6. The molecule has 3 rings (SSSR count). The number of aryl methyl sites for hydroxylation is 1. The highest BCUT2D eigenvalue weighted by atomic mass is 32.2. The number of nitrogens with zero attached hydrogens (tertiary/aromatic N) is 3. The number of aromatic nitrogens is 3. The Bertz CT molecular complexity index is 967. The van der Waals surface area contributed by atoms with Crippen LogP contribution < -0.4 is 10.1 Å². The van der Waals surface area contributed by atoms with Gasteiger partial charge in [0.1, 0.15) is 11.5 Å². The van der Waals surface area contributed by atoms with Gasteiger partial charge >= 0.3 is 6.36 Å². The van der Waals surface area contributed by atoms with Gasteiger partial charge in [0.15, 0.2) is 11.0 Å². The van der Waals surface area contributed by atoms with Crippen molar-refractivity contribution in [2.45, 2.75) is 18.4 Å². The zero-order valence-electron chi connectivity index (χ0n) is 14.8. The predicted molar refractivity (Wildman–Crippen MR) is 95.9 cm³/mol. The van der Waals surface area contributed by atoms with E-state index in [1.807, 2.05) is 6.92 Å². The molecule has 28 heavy (non-hydrogen) atoms. The van der Waals surface area contributed by atoms with E-state index in [1.54, 1.807) is 23.9 Å². The molecule has 0 spiro atoms. The largest absolute Gasteiger partial charge is 0.573 e. The van der Waals surface area contributed by atoms with Crippen LogP contribution in [0.25, 0.3) is 11.4 Å². The first kappa shape index (κ1) is 19.8. The van der Waals surface area contributed by atoms with Crippen molar-refractivity contribution in [2.24, 2.45) is 7.05 Å². The first-order chi connectivity index (χ1) is 13.2. The first-order valence-corrected chi connectivity index (χ1v) is 8.94. The topological polar surface area (TPSA) is 82.2 Å². The number of halogens is 3. The number of furan rings is 1. The van der Waals surface area contributed by atoms with Gasteiger partial charge in [0.2, 0.25) is 5.91 Å². The molecular formula is C17H15F3N4O3S. The van der Waals surface area contributed by atoms with E-state index in [2.05, 4.69) is 20.3 Å². The van der Waals surface area contributed by atoms with E-state index < -0.39 is 6.36 Å². The second-order valence-corrected chi connectivity index (χ2v) is 6.61. The van der Waals surface area contributed by atoms with E-state index in [9.17, 15) is 18.0 Å². The number of ether oxygens (including phenoxy) is 1. The minimum Gasteiger partial charge on any atom is -0.469 e. The van der Waals surface area contributed by atoms with Gasteiger partial charge in [0.25, 0.3) is 0 Å². The lowest BCUT2D eigenvalue weighted by molar-refractivity contribution is -0.274. The number of alkyl halides is 3. The van der Waals surface area contributed by atoms with E-state index >= 15 is 0 Å². The Morgan fingerprint density at radius 2 is 1.96 bits per heavy atom. The van der Waals surface area contributed by atoms with E-state index in [0.717, 1.165) is 17.7 Å². The summed E-state index contributed by atoms with van der Waals surface area (Å²) < 4.78 is 47.2. The number of thioether (sulfide) groups is 1. The molecule has 0 aliphatic heterocycles. The second-order valence-electron chi connectivity index (χ2n) is 5.66. The van der Waals surface area contributed by atoms with Gasteiger partial charge in [-0.15, -0.1) is 23.4 Å². The van der Waals surface area contributed by atoms with Crippen LogP contribution in [-0.4, -0.2) is 32.8 Å². The maximum absolute atomic E-state index is 12.1. The maximum Gasteiger partial charge on any atom is 0.573 e. The maximum atomic E-state index is 12.1. The first-order valence-electron chi connectivity index (χ1n) is 7.95. The van der Waals surface area contributed by atoms with Gasteiger partial charge in [-0.2, -0.15) is 0 Å². The Morgan fingerprint density at radius 3 is 2.57 bits per heavy atom. The SMILES string of the molecule is Cc1occc1-c1nnc(SCC(=O)Nc2ccc(OC(F)(F)F)cc2)n1C. The molecule has 0 saturated carbocycles. The van der Waals surface area contributed by atoms with Crippen molar-refractivity contribution in [3.05, 3.63) is 42.4 Å². The van der Waals surface area contributed by atoms with Crippen LogP contribution in [0.15, 0.2) is 46.2 Å². The van der Waals surface area contributed by atoms with Crippen LogP contribution in [0.4, 0.5) is 18.9 Å². The lowest BCUT2D eigenvalue weighted by atomic mass is 10.2. The highest BCUT2D eigenvalue weighted by Gasteiger charge is 2.31. The van der Waals surface area contributed by atoms with Gasteiger partial charge in [0.05, 0.1) is 17.6 Å². The minimum atomic E-state index is -4.76. The zero-order valence-corrected chi connectivity index (χ0v) is 15.6. The molecule has 0 aliphatic carbocycles. The second kappa shape index (κ2) is 7.97. The summed E-state index contributed by atoms with van der Waals surface area (Å²) in [5.41, 5.74) is 1.17. The van der Waals surface area contributed by atoms with Crippen LogP contribution in [0.1, 0.15) is 5.76 Å². The van der Waals surface area contributed by atoms with Gasteiger partial charge in [0, 0.05) is 12.7 Å². The molecule has 11 heteroatoms. The molecule has 0 aliphatic rings. The molecule has 0 unspecified atom stereocenters. The molecule has 3 aromatic rings. The number of nitrogens with one attached hydrogen (secondary N) is 1. The normalized spacial score (nSPS) is 11.5. The van der Waals surface area contributed by atoms with Crippen molar-refractivity contribution >= 4 is 23.4 Å². The van der Waals surface area contributed by atoms with Crippen LogP contribution in [0.2, 0.25) is 0 Å². The molecule has 2 aromatic heterocycles. The number of carbonyl (C=O) groups excluding carboxylic acids is 1. The third-order valence-electron chi connectivity index (χ3n) is 3.64. The van der Waals surface area contributed by atoms with Crippen LogP contribution in [0, 0.1) is 6.92 Å². The van der Waals surface area contributed by atoms with Crippen molar-refractivity contribution < 1.29 is 27.1 Å². The molecule has 7 nitrogen and oxygen atoms in total. The van der Waals surface area contributed by atoms with Crippen LogP contribution in [0.5, 0.6) is 5.75 Å². The monoisotopic (exact) mass is 412 g/mol. The fourth-order valence-corrected chi connectivity index (χ4v) is 3.07. The minimum absolute atomic E-state index is 0.0527. The van der Waals surface area contributed by atoms with Crippen molar-refractivity contribution in [1.29, 1.82) is 0 Å². The van der Waals surface area contributed by atoms with Crippen molar-refractivity contribution in [3.63, 3.8) is 0 Å². The average Bonchev–Trinajstić information content (AvgIpc) is 3.19. The summed E-state index contributed by atoms with van der Waals surface area (Å²) in [7, 11) is 1.78. The Kier molecular flexibility index (Phi) is 5.63. The summed E-state index contributed by atoms with van der Waals surface area (Å²) in [6, 6.07) is 6.68. The van der Waals surface area contributed by atoms with Gasteiger partial charge in [-0.3, -0.25) is 4.79 Å². The van der Waals surface area contributed by atoms with Gasteiger partial charge in [-0.1, -0.05) is 11.8 Å². The molecule has 2 heterocycles. The molecule has 1 aromatic carbocycles. The molecular weight excluding hydrogens is 397 g/mol. The summed E-state index contributed by atoms with van der Waals surface area (Å²) in [5, 5.41) is 11.3. The van der Waals surface area contributed by atoms with Gasteiger partial charge in [-0.25, -0.2) is 0 Å². The van der Waals surface area contributed by atoms with Gasteiger partial charge in [-0.05, 0) is 37.3 Å². The molecule has 1 N–H and O–H groups in total. The number of amides is 1. The van der Waals surface area contributed by atoms with E-state index in [-0.39, 0.29) is 17.4 Å². The number of carbonyl (C=O) groups is 1. The van der Waals surface area contributed by atoms with Gasteiger partial charge < -0.3 is 19.0 Å². The summed E-state index contributed by atoms with van der Waals surface area (Å²) in [5.74, 6) is 0.689. The number of benzene rings is 1. The predicted octanol–water partition coefficient (Wildman–Crippen LogP) is 4.01. The lowest BCUT2D eigenvalue weighted by Crippen LogP contribution is -2.17. The van der Waals surface area contributed by atoms with E-state index in [1.165, 1.54) is 23.9 Å². The quantitative estimate of drug-likeness (QED) is 0.616. The number of rotatable bonds is 6. The van der Waals surface area contributed by atoms with Crippen molar-refractivity contribution in [2.75, 3.05) is 11.1 Å². The average molecular weight is 412 g/mol.